The van der Waals surface area contributed by atoms with Gasteiger partial charge in [0.15, 0.2) is 0 Å². The Hall–Kier alpha value is -1.11. The predicted octanol–water partition coefficient (Wildman–Crippen LogP) is 4.61. The Morgan fingerprint density at radius 1 is 1.05 bits per heavy atom. The van der Waals surface area contributed by atoms with Gasteiger partial charge in [-0.05, 0) is 32.1 Å². The molecular formula is C18H27N. The summed E-state index contributed by atoms with van der Waals surface area (Å²) in [6.07, 6.45) is 7.04. The summed E-state index contributed by atoms with van der Waals surface area (Å²) >= 11 is 0. The minimum Gasteiger partial charge on any atom is -0.359 e. The minimum atomic E-state index is 0.151. The van der Waals surface area contributed by atoms with Crippen LogP contribution in [0.5, 0.6) is 0 Å². The van der Waals surface area contributed by atoms with E-state index in [1.165, 1.54) is 16.8 Å². The molecule has 0 spiro atoms. The second-order valence-electron chi connectivity index (χ2n) is 6.95. The van der Waals surface area contributed by atoms with E-state index >= 15 is 0 Å². The number of para-hydroxylation sites is 1. The largest absolute Gasteiger partial charge is 0.359 e. The van der Waals surface area contributed by atoms with E-state index in [4.69, 9.17) is 0 Å². The lowest BCUT2D eigenvalue weighted by Crippen LogP contribution is -2.30. The van der Waals surface area contributed by atoms with Crippen molar-refractivity contribution >= 4 is 11.9 Å². The van der Waals surface area contributed by atoms with Crippen molar-refractivity contribution < 1.29 is 4.58 Å². The number of aryl methyl sites for hydroxylation is 2. The van der Waals surface area contributed by atoms with Crippen LogP contribution in [0.3, 0.4) is 0 Å². The summed E-state index contributed by atoms with van der Waals surface area (Å²) in [5.74, 6) is 0. The lowest BCUT2D eigenvalue weighted by atomic mass is 9.85. The third kappa shape index (κ3) is 2.61. The number of rotatable bonds is 3. The second-order valence-corrected chi connectivity index (χ2v) is 6.95. The molecule has 1 heterocycles. The van der Waals surface area contributed by atoms with Crippen LogP contribution in [0.15, 0.2) is 18.2 Å². The van der Waals surface area contributed by atoms with Crippen molar-refractivity contribution in [3.05, 3.63) is 29.3 Å². The van der Waals surface area contributed by atoms with Gasteiger partial charge in [-0.3, -0.25) is 0 Å². The van der Waals surface area contributed by atoms with Crippen LogP contribution >= 0.6 is 0 Å². The minimum absolute atomic E-state index is 0.151. The molecule has 0 saturated carbocycles. The zero-order valence-corrected chi connectivity index (χ0v) is 13.3. The molecule has 0 aliphatic carbocycles. The van der Waals surface area contributed by atoms with E-state index in [-0.39, 0.29) is 11.0 Å². The highest BCUT2D eigenvalue weighted by molar-refractivity contribution is 5.65. The van der Waals surface area contributed by atoms with E-state index in [9.17, 15) is 0 Å². The molecular weight excluding hydrogens is 230 g/mol. The summed E-state index contributed by atoms with van der Waals surface area (Å²) in [6, 6.07) is 6.71. The van der Waals surface area contributed by atoms with Gasteiger partial charge in [-0.2, -0.15) is 0 Å². The molecule has 0 fully saturated rings. The third-order valence-electron chi connectivity index (χ3n) is 4.08. The molecule has 0 radical (unpaired) electrons. The van der Waals surface area contributed by atoms with Crippen molar-refractivity contribution in [3.63, 3.8) is 0 Å². The Labute approximate surface area is 118 Å². The van der Waals surface area contributed by atoms with Crippen molar-refractivity contribution in [3.8, 4) is 0 Å². The first kappa shape index (κ1) is 14.3. The lowest BCUT2D eigenvalue weighted by Gasteiger charge is -2.28. The summed E-state index contributed by atoms with van der Waals surface area (Å²) in [5.41, 5.74) is 4.60. The van der Waals surface area contributed by atoms with Crippen LogP contribution in [-0.2, 0) is 12.8 Å². The standard InChI is InChI=1S/C18H27N/c1-7-14-10-9-11-15(8-2)16(14)19-13-17(3,4)12-18(19,5)6/h9-11H,7-8,12H2,1-6H3. The Kier molecular flexibility index (Phi) is 3.59. The Bertz CT molecular complexity index is 484. The highest BCUT2D eigenvalue weighted by Crippen LogP contribution is 2.41. The molecule has 0 aromatic heterocycles. The van der Waals surface area contributed by atoms with E-state index in [1.807, 2.05) is 0 Å². The third-order valence-corrected chi connectivity index (χ3v) is 4.08. The highest BCUT2D eigenvalue weighted by atomic mass is 15.1. The fourth-order valence-electron chi connectivity index (χ4n) is 3.51. The first-order chi connectivity index (χ1) is 8.80. The van der Waals surface area contributed by atoms with Crippen LogP contribution < -0.4 is 0 Å². The summed E-state index contributed by atoms with van der Waals surface area (Å²) in [6.45, 7) is 13.7. The van der Waals surface area contributed by atoms with Crippen LogP contribution in [0.25, 0.3) is 0 Å². The molecule has 19 heavy (non-hydrogen) atoms. The Morgan fingerprint density at radius 2 is 1.58 bits per heavy atom. The predicted molar refractivity (Wildman–Crippen MR) is 82.6 cm³/mol. The zero-order valence-electron chi connectivity index (χ0n) is 13.3. The maximum Gasteiger partial charge on any atom is 0.129 e. The van der Waals surface area contributed by atoms with Crippen molar-refractivity contribution in [1.82, 2.24) is 0 Å². The fourth-order valence-corrected chi connectivity index (χ4v) is 3.51. The van der Waals surface area contributed by atoms with E-state index in [2.05, 4.69) is 70.5 Å². The van der Waals surface area contributed by atoms with Crippen LogP contribution in [0.4, 0.5) is 5.69 Å². The van der Waals surface area contributed by atoms with Gasteiger partial charge in [0, 0.05) is 12.6 Å². The molecule has 0 saturated heterocycles. The molecule has 2 rings (SSSR count). The zero-order chi connectivity index (χ0) is 14.3. The van der Waals surface area contributed by atoms with Gasteiger partial charge >= 0.3 is 0 Å². The number of hydrogen-bond donors (Lipinski definition) is 0. The Morgan fingerprint density at radius 3 is 1.95 bits per heavy atom. The number of benzene rings is 1. The molecule has 0 atom stereocenters. The van der Waals surface area contributed by atoms with Crippen molar-refractivity contribution in [2.45, 2.75) is 66.3 Å². The lowest BCUT2D eigenvalue weighted by molar-refractivity contribution is -0.512. The van der Waals surface area contributed by atoms with Gasteiger partial charge in [-0.15, -0.1) is 0 Å². The molecule has 1 aromatic rings. The quantitative estimate of drug-likeness (QED) is 0.549. The molecule has 0 amide bonds. The molecule has 104 valence electrons. The monoisotopic (exact) mass is 257 g/mol. The molecule has 1 heteroatoms. The topological polar surface area (TPSA) is 3.01 Å². The summed E-state index contributed by atoms with van der Waals surface area (Å²) in [5, 5.41) is 0. The van der Waals surface area contributed by atoms with Crippen LogP contribution in [0.1, 0.15) is 59.1 Å². The summed E-state index contributed by atoms with van der Waals surface area (Å²) < 4.78 is 2.42. The maximum absolute atomic E-state index is 3.72. The average Bonchev–Trinajstić information content (AvgIpc) is 2.55. The molecule has 1 aliphatic rings. The Balaban J connectivity index is 2.64. The molecule has 0 unspecified atom stereocenters. The average molecular weight is 257 g/mol. The van der Waals surface area contributed by atoms with E-state index in [0.29, 0.717) is 0 Å². The summed E-state index contributed by atoms with van der Waals surface area (Å²) in [4.78, 5) is 0. The van der Waals surface area contributed by atoms with E-state index in [0.717, 1.165) is 19.3 Å². The molecule has 1 nitrogen and oxygen atoms in total. The first-order valence-electron chi connectivity index (χ1n) is 7.49. The molecule has 1 aliphatic heterocycles. The number of hydrogen-bond acceptors (Lipinski definition) is 0. The SMILES string of the molecule is CCc1cccc(CC)c1[N+]1=[C-]C(C)(C)CC1(C)C. The van der Waals surface area contributed by atoms with Gasteiger partial charge in [0.1, 0.15) is 5.54 Å². The van der Waals surface area contributed by atoms with Gasteiger partial charge in [0.2, 0.25) is 0 Å². The maximum atomic E-state index is 3.72. The van der Waals surface area contributed by atoms with Gasteiger partial charge in [0.25, 0.3) is 0 Å². The fraction of sp³-hybridized carbons (Fsp3) is 0.611. The van der Waals surface area contributed by atoms with Crippen molar-refractivity contribution in [1.29, 1.82) is 0 Å². The number of nitrogens with zero attached hydrogens (tertiary/aromatic N) is 1. The van der Waals surface area contributed by atoms with Crippen LogP contribution in [-0.4, -0.2) is 16.3 Å². The van der Waals surface area contributed by atoms with E-state index in [1.54, 1.807) is 0 Å². The smallest absolute Gasteiger partial charge is 0.129 e. The normalized spacial score (nSPS) is 20.4. The van der Waals surface area contributed by atoms with Crippen LogP contribution in [0.2, 0.25) is 0 Å². The van der Waals surface area contributed by atoms with Gasteiger partial charge in [-0.25, -0.2) is 0 Å². The van der Waals surface area contributed by atoms with Crippen LogP contribution in [0, 0.1) is 5.41 Å². The van der Waals surface area contributed by atoms with E-state index < -0.39 is 0 Å². The van der Waals surface area contributed by atoms with Gasteiger partial charge in [-0.1, -0.05) is 57.0 Å². The van der Waals surface area contributed by atoms with Crippen molar-refractivity contribution in [2.75, 3.05) is 0 Å². The van der Waals surface area contributed by atoms with Crippen molar-refractivity contribution in [2.24, 2.45) is 5.41 Å². The first-order valence-corrected chi connectivity index (χ1v) is 7.49. The summed E-state index contributed by atoms with van der Waals surface area (Å²) in [7, 11) is 0. The van der Waals surface area contributed by atoms with Gasteiger partial charge in [0.05, 0.1) is 5.69 Å². The highest BCUT2D eigenvalue weighted by Gasteiger charge is 2.40. The molecule has 0 bridgehead atoms. The second kappa shape index (κ2) is 4.77. The molecule has 1 aromatic carbocycles. The van der Waals surface area contributed by atoms with Gasteiger partial charge < -0.3 is 4.58 Å². The molecule has 0 N–H and O–H groups in total.